The number of alkyl halides is 2. The zero-order chi connectivity index (χ0) is 11.0. The Morgan fingerprint density at radius 2 is 1.57 bits per heavy atom. The van der Waals surface area contributed by atoms with Gasteiger partial charge in [0.2, 0.25) is 3.79 Å². The molecule has 0 aromatic heterocycles. The predicted octanol–water partition coefficient (Wildman–Crippen LogP) is 3.61. The second kappa shape index (κ2) is 8.52. The Morgan fingerprint density at radius 3 is 2.07 bits per heavy atom. The first-order chi connectivity index (χ1) is 6.48. The topological polar surface area (TPSA) is 40.5 Å². The molecular weight excluding hydrogens is 406 g/mol. The number of unbranched alkanes of at least 4 members (excludes halogenated alkanes) is 5. The summed E-state index contributed by atoms with van der Waals surface area (Å²) < 4.78 is -1.60. The highest BCUT2D eigenvalue weighted by Crippen LogP contribution is 2.27. The van der Waals surface area contributed by atoms with E-state index in [1.807, 2.05) is 0 Å². The van der Waals surface area contributed by atoms with Crippen LogP contribution in [0.3, 0.4) is 0 Å². The molecule has 0 fully saturated rings. The average molecular weight is 426 g/mol. The summed E-state index contributed by atoms with van der Waals surface area (Å²) in [5.74, 6) is 0. The molecule has 0 radical (unpaired) electrons. The zero-order valence-corrected chi connectivity index (χ0v) is 13.0. The van der Waals surface area contributed by atoms with E-state index in [1.54, 1.807) is 22.6 Å². The summed E-state index contributed by atoms with van der Waals surface area (Å²) in [5, 5.41) is 18.5. The molecular formula is C10H20I2O2. The molecule has 2 N–H and O–H groups in total. The van der Waals surface area contributed by atoms with Crippen LogP contribution in [0, 0.1) is 0 Å². The van der Waals surface area contributed by atoms with Gasteiger partial charge in [0.1, 0.15) is 0 Å². The van der Waals surface area contributed by atoms with Gasteiger partial charge in [0.25, 0.3) is 0 Å². The Hall–Kier alpha value is 1.38. The predicted molar refractivity (Wildman–Crippen MR) is 77.0 cm³/mol. The molecule has 4 heteroatoms. The van der Waals surface area contributed by atoms with Crippen LogP contribution >= 0.6 is 45.2 Å². The van der Waals surface area contributed by atoms with Crippen molar-refractivity contribution in [2.75, 3.05) is 0 Å². The number of halogens is 2. The van der Waals surface area contributed by atoms with E-state index < -0.39 is 3.79 Å². The van der Waals surface area contributed by atoms with Crippen molar-refractivity contribution in [2.24, 2.45) is 0 Å². The van der Waals surface area contributed by atoms with E-state index in [0.29, 0.717) is 0 Å². The first-order valence-corrected chi connectivity index (χ1v) is 7.58. The summed E-state index contributed by atoms with van der Waals surface area (Å²) in [6, 6.07) is 0. The quantitative estimate of drug-likeness (QED) is 0.270. The smallest absolute Gasteiger partial charge is 0.228 e. The lowest BCUT2D eigenvalue weighted by Crippen LogP contribution is -2.30. The van der Waals surface area contributed by atoms with Crippen molar-refractivity contribution in [3.05, 3.63) is 0 Å². The van der Waals surface area contributed by atoms with Crippen LogP contribution < -0.4 is 0 Å². The van der Waals surface area contributed by atoms with Crippen molar-refractivity contribution in [1.82, 2.24) is 0 Å². The van der Waals surface area contributed by atoms with Gasteiger partial charge in [-0.3, -0.25) is 0 Å². The molecule has 0 spiro atoms. The second-order valence-electron chi connectivity index (χ2n) is 3.66. The lowest BCUT2D eigenvalue weighted by atomic mass is 10.1. The molecule has 0 rings (SSSR count). The molecule has 0 aliphatic rings. The third-order valence-corrected chi connectivity index (χ3v) is 5.64. The van der Waals surface area contributed by atoms with Crippen LogP contribution in [-0.2, 0) is 0 Å². The molecule has 0 saturated heterocycles. The molecule has 86 valence electrons. The first kappa shape index (κ1) is 15.4. The maximum Gasteiger partial charge on any atom is 0.228 e. The highest BCUT2D eigenvalue weighted by atomic mass is 127. The fraction of sp³-hybridized carbons (Fsp3) is 1.00. The summed E-state index contributed by atoms with van der Waals surface area (Å²) in [4.78, 5) is 0. The van der Waals surface area contributed by atoms with Crippen LogP contribution in [0.15, 0.2) is 0 Å². The van der Waals surface area contributed by atoms with Gasteiger partial charge in [0.15, 0.2) is 0 Å². The van der Waals surface area contributed by atoms with Crippen LogP contribution in [-0.4, -0.2) is 17.9 Å². The molecule has 0 aromatic carbocycles. The van der Waals surface area contributed by atoms with Crippen molar-refractivity contribution >= 4 is 45.2 Å². The lowest BCUT2D eigenvalue weighted by Gasteiger charge is -2.20. The maximum absolute atomic E-state index is 9.26. The van der Waals surface area contributed by atoms with Crippen molar-refractivity contribution in [1.29, 1.82) is 0 Å². The van der Waals surface area contributed by atoms with Crippen molar-refractivity contribution in [3.63, 3.8) is 0 Å². The fourth-order valence-electron chi connectivity index (χ4n) is 1.29. The van der Waals surface area contributed by atoms with Gasteiger partial charge in [-0.2, -0.15) is 0 Å². The molecule has 0 amide bonds. The van der Waals surface area contributed by atoms with Crippen molar-refractivity contribution < 1.29 is 10.2 Å². The van der Waals surface area contributed by atoms with E-state index >= 15 is 0 Å². The highest BCUT2D eigenvalue weighted by molar-refractivity contribution is 14.1. The fourth-order valence-corrected chi connectivity index (χ4v) is 2.04. The number of rotatable bonds is 8. The third-order valence-electron chi connectivity index (χ3n) is 2.21. The molecule has 0 aromatic rings. The van der Waals surface area contributed by atoms with E-state index in [1.165, 1.54) is 32.1 Å². The second-order valence-corrected chi connectivity index (χ2v) is 6.75. The van der Waals surface area contributed by atoms with E-state index in [4.69, 9.17) is 0 Å². The molecule has 0 aliphatic carbocycles. The first-order valence-electron chi connectivity index (χ1n) is 5.26. The SMILES string of the molecule is CCCCCCCCC(I)C(O)(O)I. The Bertz CT molecular complexity index is 135. The summed E-state index contributed by atoms with van der Waals surface area (Å²) >= 11 is 3.79. The van der Waals surface area contributed by atoms with Crippen LogP contribution in [0.25, 0.3) is 0 Å². The Morgan fingerprint density at radius 1 is 1.07 bits per heavy atom. The minimum atomic E-state index is -1.54. The Labute approximate surface area is 114 Å². The standard InChI is InChI=1S/C10H20I2O2/c1-2-3-4-5-6-7-8-9(11)10(12,13)14/h9,13-14H,2-8H2,1H3. The van der Waals surface area contributed by atoms with Crippen molar-refractivity contribution in [3.8, 4) is 0 Å². The van der Waals surface area contributed by atoms with E-state index in [0.717, 1.165) is 12.8 Å². The van der Waals surface area contributed by atoms with Gasteiger partial charge < -0.3 is 10.2 Å². The monoisotopic (exact) mass is 426 g/mol. The molecule has 0 bridgehead atoms. The van der Waals surface area contributed by atoms with Gasteiger partial charge in [0, 0.05) is 0 Å². The summed E-state index contributed by atoms with van der Waals surface area (Å²) in [5.41, 5.74) is 0. The molecule has 1 atom stereocenters. The Balaban J connectivity index is 3.28. The van der Waals surface area contributed by atoms with E-state index in [9.17, 15) is 10.2 Å². The summed E-state index contributed by atoms with van der Waals surface area (Å²) in [6.45, 7) is 2.21. The van der Waals surface area contributed by atoms with E-state index in [-0.39, 0.29) is 3.92 Å². The van der Waals surface area contributed by atoms with Gasteiger partial charge in [-0.15, -0.1) is 0 Å². The maximum atomic E-state index is 9.26. The van der Waals surface area contributed by atoms with Gasteiger partial charge >= 0.3 is 0 Å². The molecule has 2 nitrogen and oxygen atoms in total. The Kier molecular flexibility index (Phi) is 9.36. The van der Waals surface area contributed by atoms with Gasteiger partial charge in [-0.05, 0) is 29.0 Å². The van der Waals surface area contributed by atoms with E-state index in [2.05, 4.69) is 29.5 Å². The van der Waals surface area contributed by atoms with Crippen molar-refractivity contribution in [2.45, 2.75) is 59.6 Å². The molecule has 14 heavy (non-hydrogen) atoms. The van der Waals surface area contributed by atoms with Crippen LogP contribution in [0.5, 0.6) is 0 Å². The van der Waals surface area contributed by atoms with Gasteiger partial charge in [-0.25, -0.2) is 0 Å². The minimum absolute atomic E-state index is 0.0631. The summed E-state index contributed by atoms with van der Waals surface area (Å²) in [6.07, 6.45) is 8.40. The lowest BCUT2D eigenvalue weighted by molar-refractivity contribution is -0.0560. The molecule has 0 aliphatic heterocycles. The van der Waals surface area contributed by atoms with Crippen LogP contribution in [0.2, 0.25) is 0 Å². The largest absolute Gasteiger partial charge is 0.357 e. The van der Waals surface area contributed by atoms with Gasteiger partial charge in [0.05, 0.1) is 3.92 Å². The summed E-state index contributed by atoms with van der Waals surface area (Å²) in [7, 11) is 0. The normalized spacial score (nSPS) is 14.4. The number of aliphatic hydroxyl groups is 2. The minimum Gasteiger partial charge on any atom is -0.357 e. The number of hydrogen-bond acceptors (Lipinski definition) is 2. The zero-order valence-electron chi connectivity index (χ0n) is 8.68. The molecule has 1 unspecified atom stereocenters. The highest BCUT2D eigenvalue weighted by Gasteiger charge is 2.27. The third kappa shape index (κ3) is 8.67. The average Bonchev–Trinajstić information content (AvgIpc) is 2.09. The molecule has 0 saturated carbocycles. The number of hydrogen-bond donors (Lipinski definition) is 2. The van der Waals surface area contributed by atoms with Crippen LogP contribution in [0.4, 0.5) is 0 Å². The molecule has 0 heterocycles. The van der Waals surface area contributed by atoms with Crippen LogP contribution in [0.1, 0.15) is 51.9 Å². The van der Waals surface area contributed by atoms with Gasteiger partial charge in [-0.1, -0.05) is 68.0 Å².